The Morgan fingerprint density at radius 2 is 1.78 bits per heavy atom. The Morgan fingerprint density at radius 3 is 2.37 bits per heavy atom. The fourth-order valence-corrected chi connectivity index (χ4v) is 3.54. The normalized spacial score (nSPS) is 11.9. The van der Waals surface area contributed by atoms with Gasteiger partial charge in [0.05, 0.1) is 12.4 Å². The average molecular weight is 382 g/mol. The van der Waals surface area contributed by atoms with Crippen molar-refractivity contribution in [3.8, 4) is 22.8 Å². The van der Waals surface area contributed by atoms with Gasteiger partial charge in [0.2, 0.25) is 5.91 Å². The molecule has 0 spiro atoms. The van der Waals surface area contributed by atoms with Gasteiger partial charge in [-0.1, -0.05) is 29.5 Å². The van der Waals surface area contributed by atoms with Crippen LogP contribution in [-0.2, 0) is 4.79 Å². The molecule has 6 nitrogen and oxygen atoms in total. The van der Waals surface area contributed by atoms with Gasteiger partial charge in [0.1, 0.15) is 5.75 Å². The van der Waals surface area contributed by atoms with Crippen molar-refractivity contribution in [2.24, 2.45) is 0 Å². The summed E-state index contributed by atoms with van der Waals surface area (Å²) in [6.45, 7) is 3.90. The smallest absolute Gasteiger partial charge is 0.233 e. The standard InChI is InChI=1S/C20H22N4O2S/c1-13-5-9-16(10-6-13)24-18(15-7-11-17(26-4)12-8-15)22-23-20(24)27-14(2)19(25)21-3/h5-12,14H,1-4H3,(H,21,25). The van der Waals surface area contributed by atoms with E-state index in [1.807, 2.05) is 66.9 Å². The second-order valence-electron chi connectivity index (χ2n) is 6.08. The second-order valence-corrected chi connectivity index (χ2v) is 7.39. The van der Waals surface area contributed by atoms with Crippen molar-refractivity contribution in [2.45, 2.75) is 24.3 Å². The summed E-state index contributed by atoms with van der Waals surface area (Å²) in [6, 6.07) is 15.8. The zero-order valence-corrected chi connectivity index (χ0v) is 16.6. The van der Waals surface area contributed by atoms with Gasteiger partial charge in [-0.25, -0.2) is 0 Å². The largest absolute Gasteiger partial charge is 0.497 e. The lowest BCUT2D eigenvalue weighted by molar-refractivity contribution is -0.119. The summed E-state index contributed by atoms with van der Waals surface area (Å²) >= 11 is 1.38. The van der Waals surface area contributed by atoms with E-state index in [0.29, 0.717) is 11.0 Å². The van der Waals surface area contributed by atoms with Crippen molar-refractivity contribution < 1.29 is 9.53 Å². The van der Waals surface area contributed by atoms with Gasteiger partial charge in [0.25, 0.3) is 0 Å². The minimum Gasteiger partial charge on any atom is -0.497 e. The Balaban J connectivity index is 2.07. The molecule has 1 atom stereocenters. The molecule has 1 unspecified atom stereocenters. The van der Waals surface area contributed by atoms with Crippen molar-refractivity contribution in [3.05, 3.63) is 54.1 Å². The topological polar surface area (TPSA) is 69.0 Å². The molecule has 7 heteroatoms. The molecule has 1 aromatic heterocycles. The Hall–Kier alpha value is -2.80. The van der Waals surface area contributed by atoms with Gasteiger partial charge in [-0.3, -0.25) is 9.36 Å². The summed E-state index contributed by atoms with van der Waals surface area (Å²) in [5.74, 6) is 1.44. The number of hydrogen-bond acceptors (Lipinski definition) is 5. The minimum absolute atomic E-state index is 0.0514. The number of ether oxygens (including phenoxy) is 1. The highest BCUT2D eigenvalue weighted by molar-refractivity contribution is 8.00. The lowest BCUT2D eigenvalue weighted by atomic mass is 10.2. The molecule has 140 valence electrons. The second kappa shape index (κ2) is 8.26. The van der Waals surface area contributed by atoms with Gasteiger partial charge >= 0.3 is 0 Å². The minimum atomic E-state index is -0.285. The summed E-state index contributed by atoms with van der Waals surface area (Å²) < 4.78 is 7.22. The average Bonchev–Trinajstić information content (AvgIpc) is 3.11. The van der Waals surface area contributed by atoms with Gasteiger partial charge in [-0.2, -0.15) is 0 Å². The van der Waals surface area contributed by atoms with E-state index < -0.39 is 0 Å². The molecule has 1 heterocycles. The highest BCUT2D eigenvalue weighted by Crippen LogP contribution is 2.31. The van der Waals surface area contributed by atoms with Gasteiger partial charge in [0.15, 0.2) is 11.0 Å². The first-order chi connectivity index (χ1) is 13.0. The van der Waals surface area contributed by atoms with Crippen LogP contribution in [0.15, 0.2) is 53.7 Å². The molecule has 27 heavy (non-hydrogen) atoms. The number of nitrogens with one attached hydrogen (secondary N) is 1. The van der Waals surface area contributed by atoms with Crippen LogP contribution < -0.4 is 10.1 Å². The Morgan fingerprint density at radius 1 is 1.11 bits per heavy atom. The fourth-order valence-electron chi connectivity index (χ4n) is 2.61. The summed E-state index contributed by atoms with van der Waals surface area (Å²) in [7, 11) is 3.27. The van der Waals surface area contributed by atoms with Crippen LogP contribution in [0.4, 0.5) is 0 Å². The molecule has 1 N–H and O–H groups in total. The lowest BCUT2D eigenvalue weighted by Crippen LogP contribution is -2.27. The highest BCUT2D eigenvalue weighted by atomic mass is 32.2. The van der Waals surface area contributed by atoms with E-state index in [0.717, 1.165) is 17.0 Å². The van der Waals surface area contributed by atoms with Crippen LogP contribution in [0.5, 0.6) is 5.75 Å². The molecular formula is C20H22N4O2S. The molecule has 0 saturated carbocycles. The molecule has 0 aliphatic carbocycles. The number of aryl methyl sites for hydroxylation is 1. The molecule has 2 aromatic carbocycles. The van der Waals surface area contributed by atoms with Crippen molar-refractivity contribution in [1.82, 2.24) is 20.1 Å². The molecule has 0 bridgehead atoms. The van der Waals surface area contributed by atoms with E-state index in [1.165, 1.54) is 17.3 Å². The quantitative estimate of drug-likeness (QED) is 0.661. The predicted octanol–water partition coefficient (Wildman–Crippen LogP) is 3.48. The van der Waals surface area contributed by atoms with Crippen molar-refractivity contribution in [1.29, 1.82) is 0 Å². The van der Waals surface area contributed by atoms with Crippen molar-refractivity contribution in [3.63, 3.8) is 0 Å². The summed E-state index contributed by atoms with van der Waals surface area (Å²) in [4.78, 5) is 12.0. The number of amides is 1. The van der Waals surface area contributed by atoms with Gasteiger partial charge in [-0.15, -0.1) is 10.2 Å². The molecule has 0 saturated heterocycles. The summed E-state index contributed by atoms with van der Waals surface area (Å²) in [5.41, 5.74) is 3.04. The number of carbonyl (C=O) groups is 1. The molecule has 0 fully saturated rings. The van der Waals surface area contributed by atoms with Crippen LogP contribution in [0.2, 0.25) is 0 Å². The van der Waals surface area contributed by atoms with E-state index in [2.05, 4.69) is 15.5 Å². The number of benzene rings is 2. The lowest BCUT2D eigenvalue weighted by Gasteiger charge is -2.13. The molecule has 3 aromatic rings. The number of aromatic nitrogens is 3. The maximum Gasteiger partial charge on any atom is 0.233 e. The molecule has 1 amide bonds. The molecule has 0 aliphatic rings. The first-order valence-electron chi connectivity index (χ1n) is 8.58. The van der Waals surface area contributed by atoms with Crippen molar-refractivity contribution >= 4 is 17.7 Å². The van der Waals surface area contributed by atoms with Gasteiger partial charge in [0, 0.05) is 18.3 Å². The van der Waals surface area contributed by atoms with Crippen molar-refractivity contribution in [2.75, 3.05) is 14.2 Å². The number of thioether (sulfide) groups is 1. The zero-order valence-electron chi connectivity index (χ0n) is 15.8. The molecular weight excluding hydrogens is 360 g/mol. The maximum absolute atomic E-state index is 12.0. The number of carbonyl (C=O) groups excluding carboxylic acids is 1. The SMILES string of the molecule is CNC(=O)C(C)Sc1nnc(-c2ccc(OC)cc2)n1-c1ccc(C)cc1. The zero-order chi connectivity index (χ0) is 19.4. The number of methoxy groups -OCH3 is 1. The first-order valence-corrected chi connectivity index (χ1v) is 9.46. The highest BCUT2D eigenvalue weighted by Gasteiger charge is 2.21. The predicted molar refractivity (Wildman–Crippen MR) is 107 cm³/mol. The first kappa shape index (κ1) is 19.0. The molecule has 3 rings (SSSR count). The van der Waals surface area contributed by atoms with E-state index in [-0.39, 0.29) is 11.2 Å². The van der Waals surface area contributed by atoms with Gasteiger partial charge < -0.3 is 10.1 Å². The maximum atomic E-state index is 12.0. The van der Waals surface area contributed by atoms with E-state index in [4.69, 9.17) is 4.74 Å². The van der Waals surface area contributed by atoms with Crippen LogP contribution in [0.25, 0.3) is 17.1 Å². The third-order valence-corrected chi connectivity index (χ3v) is 5.21. The third-order valence-electron chi connectivity index (χ3n) is 4.17. The monoisotopic (exact) mass is 382 g/mol. The van der Waals surface area contributed by atoms with E-state index in [9.17, 15) is 4.79 Å². The van der Waals surface area contributed by atoms with E-state index >= 15 is 0 Å². The number of hydrogen-bond donors (Lipinski definition) is 1. The van der Waals surface area contributed by atoms with Crippen LogP contribution in [0, 0.1) is 6.92 Å². The van der Waals surface area contributed by atoms with Crippen LogP contribution in [0.3, 0.4) is 0 Å². The van der Waals surface area contributed by atoms with Crippen LogP contribution in [0.1, 0.15) is 12.5 Å². The fraction of sp³-hybridized carbons (Fsp3) is 0.250. The number of nitrogens with zero attached hydrogens (tertiary/aromatic N) is 3. The summed E-state index contributed by atoms with van der Waals surface area (Å²) in [6.07, 6.45) is 0. The Labute approximate surface area is 163 Å². The van der Waals surface area contributed by atoms with Gasteiger partial charge in [-0.05, 0) is 50.2 Å². The summed E-state index contributed by atoms with van der Waals surface area (Å²) in [5, 5.41) is 11.8. The number of rotatable bonds is 6. The molecule has 0 aliphatic heterocycles. The third kappa shape index (κ3) is 4.14. The Bertz CT molecular complexity index is 920. The van der Waals surface area contributed by atoms with Crippen LogP contribution in [-0.4, -0.2) is 40.1 Å². The van der Waals surface area contributed by atoms with Crippen LogP contribution >= 0.6 is 11.8 Å². The Kier molecular flexibility index (Phi) is 5.81. The van der Waals surface area contributed by atoms with E-state index in [1.54, 1.807) is 14.2 Å². The molecule has 0 radical (unpaired) electrons.